The first-order valence-corrected chi connectivity index (χ1v) is 9.65. The van der Waals surface area contributed by atoms with Crippen molar-refractivity contribution < 1.29 is 19.2 Å². The molecule has 0 unspecified atom stereocenters. The van der Waals surface area contributed by atoms with Crippen LogP contribution in [0.25, 0.3) is 0 Å². The predicted octanol–water partition coefficient (Wildman–Crippen LogP) is 1.18. The molecule has 8 heteroatoms. The molecule has 0 heterocycles. The summed E-state index contributed by atoms with van der Waals surface area (Å²) < 4.78 is 0. The van der Waals surface area contributed by atoms with Crippen LogP contribution in [0.15, 0.2) is 48.6 Å². The van der Waals surface area contributed by atoms with Crippen LogP contribution in [-0.2, 0) is 19.2 Å². The highest BCUT2D eigenvalue weighted by Crippen LogP contribution is 2.03. The van der Waals surface area contributed by atoms with Crippen molar-refractivity contribution in [3.05, 3.63) is 48.6 Å². The number of carbonyl (C=O) groups is 4. The number of rotatable bonds is 13. The fraction of sp³-hybridized carbons (Fsp3) is 0.455. The molecule has 0 rings (SSSR count). The maximum atomic E-state index is 12.5. The zero-order valence-electron chi connectivity index (χ0n) is 18.6. The first-order valence-electron chi connectivity index (χ1n) is 9.65. The Hall–Kier alpha value is -3.16. The largest absolute Gasteiger partial charge is 0.351 e. The van der Waals surface area contributed by atoms with Gasteiger partial charge in [0.2, 0.25) is 23.6 Å². The van der Waals surface area contributed by atoms with E-state index in [1.807, 2.05) is 0 Å². The van der Waals surface area contributed by atoms with Gasteiger partial charge < -0.3 is 20.4 Å². The van der Waals surface area contributed by atoms with Gasteiger partial charge in [-0.3, -0.25) is 19.2 Å². The van der Waals surface area contributed by atoms with Gasteiger partial charge in [0.15, 0.2) is 0 Å². The van der Waals surface area contributed by atoms with Crippen LogP contribution < -0.4 is 10.6 Å². The van der Waals surface area contributed by atoms with Gasteiger partial charge in [-0.15, -0.1) is 0 Å². The summed E-state index contributed by atoms with van der Waals surface area (Å²) in [5.41, 5.74) is 1.46. The summed E-state index contributed by atoms with van der Waals surface area (Å²) in [6.07, 6.45) is 0. The van der Waals surface area contributed by atoms with E-state index in [-0.39, 0.29) is 62.9 Å². The van der Waals surface area contributed by atoms with Crippen LogP contribution in [-0.4, -0.2) is 72.7 Å². The molecule has 0 bridgehead atoms. The molecule has 0 fully saturated rings. The summed E-state index contributed by atoms with van der Waals surface area (Å²) in [5.74, 6) is -1.11. The van der Waals surface area contributed by atoms with Crippen LogP contribution in [0, 0.1) is 0 Å². The lowest BCUT2D eigenvalue weighted by molar-refractivity contribution is -0.131. The van der Waals surface area contributed by atoms with E-state index in [4.69, 9.17) is 0 Å². The lowest BCUT2D eigenvalue weighted by Gasteiger charge is -2.28. The molecule has 0 aliphatic rings. The molecule has 166 valence electrons. The Labute approximate surface area is 179 Å². The summed E-state index contributed by atoms with van der Waals surface area (Å²) in [6, 6.07) is 0. The third-order valence-corrected chi connectivity index (χ3v) is 4.05. The lowest BCUT2D eigenvalue weighted by atomic mass is 10.2. The minimum atomic E-state index is -0.287. The Bertz CT molecular complexity index is 677. The SMILES string of the molecule is C=C(C)C(=O)NCCN(CCN(CCNC(=O)C(=C)C)C(=O)C(=C)C)C(=O)C(=C)C. The van der Waals surface area contributed by atoms with Crippen LogP contribution >= 0.6 is 0 Å². The molecule has 0 radical (unpaired) electrons. The molecule has 0 saturated carbocycles. The summed E-state index contributed by atoms with van der Waals surface area (Å²) >= 11 is 0. The monoisotopic (exact) mass is 418 g/mol. The van der Waals surface area contributed by atoms with E-state index in [0.717, 1.165) is 0 Å². The van der Waals surface area contributed by atoms with E-state index in [1.165, 1.54) is 9.80 Å². The zero-order valence-corrected chi connectivity index (χ0v) is 18.6. The fourth-order valence-corrected chi connectivity index (χ4v) is 2.32. The Morgan fingerprint density at radius 2 is 0.867 bits per heavy atom. The molecule has 0 aromatic heterocycles. The van der Waals surface area contributed by atoms with Gasteiger partial charge in [-0.2, -0.15) is 0 Å². The molecule has 0 aromatic carbocycles. The highest BCUT2D eigenvalue weighted by atomic mass is 16.2. The summed E-state index contributed by atoms with van der Waals surface area (Å²) in [7, 11) is 0. The number of nitrogens with one attached hydrogen (secondary N) is 2. The second kappa shape index (κ2) is 13.1. The second-order valence-electron chi connectivity index (χ2n) is 7.22. The van der Waals surface area contributed by atoms with E-state index in [0.29, 0.717) is 22.3 Å². The van der Waals surface area contributed by atoms with Crippen LogP contribution in [0.4, 0.5) is 0 Å². The predicted molar refractivity (Wildman–Crippen MR) is 118 cm³/mol. The Balaban J connectivity index is 5.06. The zero-order chi connectivity index (χ0) is 23.4. The Kier molecular flexibility index (Phi) is 11.8. The molecule has 0 aliphatic carbocycles. The van der Waals surface area contributed by atoms with E-state index in [2.05, 4.69) is 36.9 Å². The van der Waals surface area contributed by atoms with Gasteiger partial charge in [-0.05, 0) is 27.7 Å². The first kappa shape index (κ1) is 26.8. The van der Waals surface area contributed by atoms with Gasteiger partial charge in [-0.25, -0.2) is 0 Å². The topological polar surface area (TPSA) is 98.8 Å². The fourth-order valence-electron chi connectivity index (χ4n) is 2.32. The van der Waals surface area contributed by atoms with Crippen molar-refractivity contribution >= 4 is 23.6 Å². The van der Waals surface area contributed by atoms with Crippen LogP contribution in [0.1, 0.15) is 27.7 Å². The maximum absolute atomic E-state index is 12.5. The van der Waals surface area contributed by atoms with Crippen LogP contribution in [0.3, 0.4) is 0 Å². The highest BCUT2D eigenvalue weighted by molar-refractivity contribution is 5.94. The number of hydrogen-bond donors (Lipinski definition) is 2. The van der Waals surface area contributed by atoms with Gasteiger partial charge >= 0.3 is 0 Å². The maximum Gasteiger partial charge on any atom is 0.249 e. The second-order valence-corrected chi connectivity index (χ2v) is 7.22. The number of carbonyl (C=O) groups excluding carboxylic acids is 4. The molecule has 4 amide bonds. The van der Waals surface area contributed by atoms with Crippen molar-refractivity contribution in [1.82, 2.24) is 20.4 Å². The number of amides is 4. The van der Waals surface area contributed by atoms with E-state index >= 15 is 0 Å². The van der Waals surface area contributed by atoms with E-state index < -0.39 is 0 Å². The molecular weight excluding hydrogens is 384 g/mol. The van der Waals surface area contributed by atoms with Crippen molar-refractivity contribution in [3.63, 3.8) is 0 Å². The van der Waals surface area contributed by atoms with Crippen molar-refractivity contribution in [1.29, 1.82) is 0 Å². The third-order valence-electron chi connectivity index (χ3n) is 4.05. The van der Waals surface area contributed by atoms with Gasteiger partial charge in [0.1, 0.15) is 0 Å². The number of nitrogens with zero attached hydrogens (tertiary/aromatic N) is 2. The molecule has 2 N–H and O–H groups in total. The molecule has 0 saturated heterocycles. The standard InChI is InChI=1S/C22H34N4O4/c1-15(2)19(27)23-9-11-25(21(29)17(5)6)13-14-26(22(30)18(7)8)12-10-24-20(28)16(3)4/h1,3,5,7,9-14H2,2,4,6,8H3,(H,23,27)(H,24,28). The Morgan fingerprint density at radius 3 is 1.10 bits per heavy atom. The summed E-state index contributed by atoms with van der Waals surface area (Å²) in [5, 5.41) is 5.36. The molecular formula is C22H34N4O4. The number of hydrogen-bond acceptors (Lipinski definition) is 4. The van der Waals surface area contributed by atoms with Crippen LogP contribution in [0.2, 0.25) is 0 Å². The van der Waals surface area contributed by atoms with Gasteiger partial charge in [0.05, 0.1) is 0 Å². The van der Waals surface area contributed by atoms with E-state index in [9.17, 15) is 19.2 Å². The quantitative estimate of drug-likeness (QED) is 0.439. The third kappa shape index (κ3) is 9.86. The average Bonchev–Trinajstić information content (AvgIpc) is 2.66. The van der Waals surface area contributed by atoms with Gasteiger partial charge in [-0.1, -0.05) is 26.3 Å². The van der Waals surface area contributed by atoms with Crippen LogP contribution in [0.5, 0.6) is 0 Å². The van der Waals surface area contributed by atoms with Gasteiger partial charge in [0, 0.05) is 61.6 Å². The van der Waals surface area contributed by atoms with E-state index in [1.54, 1.807) is 27.7 Å². The lowest BCUT2D eigenvalue weighted by Crippen LogP contribution is -2.46. The summed E-state index contributed by atoms with van der Waals surface area (Å²) in [6.45, 7) is 22.4. The minimum Gasteiger partial charge on any atom is -0.351 e. The Morgan fingerprint density at radius 1 is 0.567 bits per heavy atom. The molecule has 30 heavy (non-hydrogen) atoms. The molecule has 8 nitrogen and oxygen atoms in total. The van der Waals surface area contributed by atoms with Crippen molar-refractivity contribution in [2.24, 2.45) is 0 Å². The normalized spacial score (nSPS) is 9.87. The van der Waals surface area contributed by atoms with Gasteiger partial charge in [0.25, 0.3) is 0 Å². The first-order chi connectivity index (χ1) is 13.9. The molecule has 0 aliphatic heterocycles. The minimum absolute atomic E-state index is 0.238. The molecule has 0 atom stereocenters. The highest BCUT2D eigenvalue weighted by Gasteiger charge is 2.19. The van der Waals surface area contributed by atoms with Crippen molar-refractivity contribution in [3.8, 4) is 0 Å². The average molecular weight is 419 g/mol. The molecule has 0 spiro atoms. The van der Waals surface area contributed by atoms with Crippen molar-refractivity contribution in [2.75, 3.05) is 39.3 Å². The van der Waals surface area contributed by atoms with Crippen molar-refractivity contribution in [2.45, 2.75) is 27.7 Å². The smallest absolute Gasteiger partial charge is 0.249 e. The summed E-state index contributed by atoms with van der Waals surface area (Å²) in [4.78, 5) is 51.2. The molecule has 0 aromatic rings.